The maximum Gasteiger partial charge on any atom is 0.317 e. The van der Waals surface area contributed by atoms with Crippen molar-refractivity contribution in [1.82, 2.24) is 20.0 Å². The molecule has 128 valence electrons. The smallest absolute Gasteiger partial charge is 0.317 e. The second kappa shape index (κ2) is 8.70. The quantitative estimate of drug-likeness (QED) is 0.811. The van der Waals surface area contributed by atoms with Crippen molar-refractivity contribution in [2.75, 3.05) is 65.6 Å². The summed E-state index contributed by atoms with van der Waals surface area (Å²) in [6.07, 6.45) is 0. The van der Waals surface area contributed by atoms with Gasteiger partial charge in [0.05, 0.1) is 13.2 Å². The molecule has 0 aromatic heterocycles. The van der Waals surface area contributed by atoms with Crippen molar-refractivity contribution in [3.63, 3.8) is 0 Å². The predicted molar refractivity (Wildman–Crippen MR) is 88.1 cm³/mol. The number of nitrogens with zero attached hydrogens (tertiary/aromatic N) is 3. The van der Waals surface area contributed by atoms with E-state index >= 15 is 0 Å². The predicted octanol–water partition coefficient (Wildman–Crippen LogP) is 0.690. The molecule has 0 aromatic rings. The summed E-state index contributed by atoms with van der Waals surface area (Å²) in [7, 11) is 0. The van der Waals surface area contributed by atoms with E-state index < -0.39 is 0 Å². The fraction of sp³-hybridized carbons (Fsp3) is 0.938. The summed E-state index contributed by atoms with van der Waals surface area (Å²) in [5.41, 5.74) is 0. The van der Waals surface area contributed by atoms with E-state index in [0.717, 1.165) is 59.0 Å². The van der Waals surface area contributed by atoms with Gasteiger partial charge in [-0.15, -0.1) is 0 Å². The van der Waals surface area contributed by atoms with Crippen LogP contribution in [-0.2, 0) is 4.74 Å². The number of piperazine rings is 1. The number of carbonyl (C=O) groups is 1. The topological polar surface area (TPSA) is 48.0 Å². The van der Waals surface area contributed by atoms with Gasteiger partial charge in [-0.2, -0.15) is 0 Å². The number of hydrogen-bond acceptors (Lipinski definition) is 4. The maximum atomic E-state index is 12.3. The number of hydrogen-bond donors (Lipinski definition) is 1. The highest BCUT2D eigenvalue weighted by Crippen LogP contribution is 2.06. The average Bonchev–Trinajstić information content (AvgIpc) is 2.53. The summed E-state index contributed by atoms with van der Waals surface area (Å²) in [6.45, 7) is 15.7. The minimum atomic E-state index is 0.0873. The largest absolute Gasteiger partial charge is 0.379 e. The van der Waals surface area contributed by atoms with Crippen LogP contribution in [0.3, 0.4) is 0 Å². The lowest BCUT2D eigenvalue weighted by atomic mass is 10.2. The van der Waals surface area contributed by atoms with Gasteiger partial charge in [0, 0.05) is 58.4 Å². The standard InChI is InChI=1S/C16H32N4O2/c1-14(2)13-18-4-6-20(7-5-18)16(21)17-12-15(3)19-8-10-22-11-9-19/h14-15H,4-13H2,1-3H3,(H,17,21). The normalized spacial score (nSPS) is 22.8. The molecule has 0 radical (unpaired) electrons. The van der Waals surface area contributed by atoms with Gasteiger partial charge in [0.1, 0.15) is 0 Å². The van der Waals surface area contributed by atoms with Gasteiger partial charge in [-0.25, -0.2) is 4.79 Å². The van der Waals surface area contributed by atoms with Gasteiger partial charge in [0.2, 0.25) is 0 Å². The minimum Gasteiger partial charge on any atom is -0.379 e. The van der Waals surface area contributed by atoms with E-state index in [1.54, 1.807) is 0 Å². The van der Waals surface area contributed by atoms with E-state index in [2.05, 4.69) is 35.9 Å². The van der Waals surface area contributed by atoms with Gasteiger partial charge >= 0.3 is 6.03 Å². The summed E-state index contributed by atoms with van der Waals surface area (Å²) in [5, 5.41) is 3.09. The van der Waals surface area contributed by atoms with Crippen molar-refractivity contribution in [2.24, 2.45) is 5.92 Å². The monoisotopic (exact) mass is 312 g/mol. The zero-order chi connectivity index (χ0) is 15.9. The lowest BCUT2D eigenvalue weighted by Gasteiger charge is -2.36. The first-order valence-corrected chi connectivity index (χ1v) is 8.63. The first kappa shape index (κ1) is 17.5. The third-order valence-electron chi connectivity index (χ3n) is 4.50. The van der Waals surface area contributed by atoms with Gasteiger partial charge < -0.3 is 15.0 Å². The Morgan fingerprint density at radius 2 is 1.68 bits per heavy atom. The lowest BCUT2D eigenvalue weighted by molar-refractivity contribution is 0.0205. The van der Waals surface area contributed by atoms with Gasteiger partial charge in [-0.1, -0.05) is 13.8 Å². The molecule has 2 aliphatic rings. The van der Waals surface area contributed by atoms with Crippen molar-refractivity contribution < 1.29 is 9.53 Å². The molecule has 1 N–H and O–H groups in total. The molecule has 2 aliphatic heterocycles. The minimum absolute atomic E-state index is 0.0873. The number of nitrogens with one attached hydrogen (secondary N) is 1. The summed E-state index contributed by atoms with van der Waals surface area (Å²) >= 11 is 0. The third kappa shape index (κ3) is 5.41. The average molecular weight is 312 g/mol. The van der Waals surface area contributed by atoms with Crippen molar-refractivity contribution in [3.8, 4) is 0 Å². The number of rotatable bonds is 5. The van der Waals surface area contributed by atoms with Crippen LogP contribution in [0.2, 0.25) is 0 Å². The molecule has 0 aliphatic carbocycles. The second-order valence-corrected chi connectivity index (χ2v) is 6.86. The number of amides is 2. The molecular formula is C16H32N4O2. The van der Waals surface area contributed by atoms with E-state index in [9.17, 15) is 4.79 Å². The highest BCUT2D eigenvalue weighted by molar-refractivity contribution is 5.74. The molecule has 0 bridgehead atoms. The fourth-order valence-electron chi connectivity index (χ4n) is 3.14. The molecule has 0 saturated carbocycles. The second-order valence-electron chi connectivity index (χ2n) is 6.86. The molecule has 0 aromatic carbocycles. The molecule has 1 atom stereocenters. The van der Waals surface area contributed by atoms with Crippen LogP contribution in [0.5, 0.6) is 0 Å². The summed E-state index contributed by atoms with van der Waals surface area (Å²) in [6, 6.07) is 0.458. The van der Waals surface area contributed by atoms with Crippen LogP contribution in [0, 0.1) is 5.92 Å². The summed E-state index contributed by atoms with van der Waals surface area (Å²) in [4.78, 5) is 19.0. The van der Waals surface area contributed by atoms with Gasteiger partial charge in [0.25, 0.3) is 0 Å². The third-order valence-corrected chi connectivity index (χ3v) is 4.50. The Morgan fingerprint density at radius 3 is 2.27 bits per heavy atom. The van der Waals surface area contributed by atoms with Crippen LogP contribution < -0.4 is 5.32 Å². The van der Waals surface area contributed by atoms with E-state index in [-0.39, 0.29) is 6.03 Å². The summed E-state index contributed by atoms with van der Waals surface area (Å²) in [5.74, 6) is 0.690. The zero-order valence-corrected chi connectivity index (χ0v) is 14.4. The molecule has 2 rings (SSSR count). The van der Waals surface area contributed by atoms with Gasteiger partial charge in [0.15, 0.2) is 0 Å². The molecule has 2 saturated heterocycles. The molecule has 2 heterocycles. The van der Waals surface area contributed by atoms with E-state index in [0.29, 0.717) is 18.5 Å². The Hall–Kier alpha value is -0.850. The SMILES string of the molecule is CC(C)CN1CCN(C(=O)NCC(C)N2CCOCC2)CC1. The molecule has 22 heavy (non-hydrogen) atoms. The molecular weight excluding hydrogens is 280 g/mol. The Labute approximate surface area is 134 Å². The molecule has 2 amide bonds. The van der Waals surface area contributed by atoms with Gasteiger partial charge in [-0.3, -0.25) is 9.80 Å². The highest BCUT2D eigenvalue weighted by Gasteiger charge is 2.22. The fourth-order valence-corrected chi connectivity index (χ4v) is 3.14. The highest BCUT2D eigenvalue weighted by atomic mass is 16.5. The van der Waals surface area contributed by atoms with Crippen molar-refractivity contribution in [2.45, 2.75) is 26.8 Å². The Kier molecular flexibility index (Phi) is 6.92. The van der Waals surface area contributed by atoms with Crippen LogP contribution in [-0.4, -0.2) is 92.3 Å². The first-order chi connectivity index (χ1) is 10.6. The molecule has 2 fully saturated rings. The van der Waals surface area contributed by atoms with Crippen LogP contribution in [0.15, 0.2) is 0 Å². The van der Waals surface area contributed by atoms with Crippen molar-refractivity contribution >= 4 is 6.03 Å². The van der Waals surface area contributed by atoms with Crippen LogP contribution in [0.4, 0.5) is 4.79 Å². The van der Waals surface area contributed by atoms with Crippen LogP contribution in [0.25, 0.3) is 0 Å². The lowest BCUT2D eigenvalue weighted by Crippen LogP contribution is -2.54. The molecule has 6 nitrogen and oxygen atoms in total. The van der Waals surface area contributed by atoms with E-state index in [1.165, 1.54) is 0 Å². The van der Waals surface area contributed by atoms with Crippen molar-refractivity contribution in [3.05, 3.63) is 0 Å². The number of urea groups is 1. The van der Waals surface area contributed by atoms with E-state index in [4.69, 9.17) is 4.74 Å². The Morgan fingerprint density at radius 1 is 1.05 bits per heavy atom. The van der Waals surface area contributed by atoms with Crippen LogP contribution in [0.1, 0.15) is 20.8 Å². The summed E-state index contributed by atoms with van der Waals surface area (Å²) < 4.78 is 5.37. The Balaban J connectivity index is 1.65. The number of ether oxygens (including phenoxy) is 1. The van der Waals surface area contributed by atoms with Crippen LogP contribution >= 0.6 is 0 Å². The first-order valence-electron chi connectivity index (χ1n) is 8.63. The zero-order valence-electron chi connectivity index (χ0n) is 14.4. The molecule has 0 spiro atoms. The molecule has 1 unspecified atom stereocenters. The maximum absolute atomic E-state index is 12.3. The van der Waals surface area contributed by atoms with Crippen molar-refractivity contribution in [1.29, 1.82) is 0 Å². The Bertz CT molecular complexity index is 337. The van der Waals surface area contributed by atoms with E-state index in [1.807, 2.05) is 4.90 Å². The number of carbonyl (C=O) groups excluding carboxylic acids is 1. The molecule has 6 heteroatoms. The van der Waals surface area contributed by atoms with Gasteiger partial charge in [-0.05, 0) is 12.8 Å². The number of morpholine rings is 1.